The van der Waals surface area contributed by atoms with Gasteiger partial charge in [-0.3, -0.25) is 9.36 Å². The maximum absolute atomic E-state index is 12.2. The predicted molar refractivity (Wildman–Crippen MR) is 78.1 cm³/mol. The first-order chi connectivity index (χ1) is 9.11. The van der Waals surface area contributed by atoms with Gasteiger partial charge in [0.1, 0.15) is 0 Å². The van der Waals surface area contributed by atoms with Gasteiger partial charge >= 0.3 is 11.7 Å². The second-order valence-electron chi connectivity index (χ2n) is 5.99. The Morgan fingerprint density at radius 2 is 1.95 bits per heavy atom. The quantitative estimate of drug-likeness (QED) is 0.898. The van der Waals surface area contributed by atoms with Crippen LogP contribution in [0.1, 0.15) is 51.1 Å². The smallest absolute Gasteiger partial charge is 0.348 e. The largest absolute Gasteiger partial charge is 0.481 e. The molecular weight excluding hydrogens is 256 g/mol. The van der Waals surface area contributed by atoms with Crippen molar-refractivity contribution in [3.05, 3.63) is 27.4 Å². The van der Waals surface area contributed by atoms with Crippen LogP contribution in [0.15, 0.2) is 4.79 Å². The number of aromatic nitrogens is 2. The lowest BCUT2D eigenvalue weighted by molar-refractivity contribution is -0.141. The molecular formula is C15H24N2O3. The predicted octanol–water partition coefficient (Wildman–Crippen LogP) is 2.27. The van der Waals surface area contributed by atoms with Crippen LogP contribution in [0.2, 0.25) is 0 Å². The number of nitrogens with zero attached hydrogens (tertiary/aromatic N) is 2. The van der Waals surface area contributed by atoms with Crippen LogP contribution < -0.4 is 5.69 Å². The number of aryl methyl sites for hydroxylation is 1. The fourth-order valence-electron chi connectivity index (χ4n) is 2.36. The average molecular weight is 280 g/mol. The molecule has 0 aromatic carbocycles. The molecule has 0 radical (unpaired) electrons. The number of hydrogen-bond donors (Lipinski definition) is 1. The highest BCUT2D eigenvalue weighted by Gasteiger charge is 2.25. The van der Waals surface area contributed by atoms with E-state index in [4.69, 9.17) is 5.11 Å². The zero-order chi connectivity index (χ0) is 15.7. The van der Waals surface area contributed by atoms with E-state index in [-0.39, 0.29) is 11.2 Å². The van der Waals surface area contributed by atoms with Crippen LogP contribution in [-0.4, -0.2) is 20.6 Å². The fraction of sp³-hybridized carbons (Fsp3) is 0.667. The van der Waals surface area contributed by atoms with Gasteiger partial charge in [0.05, 0.1) is 5.92 Å². The van der Waals surface area contributed by atoms with Crippen LogP contribution in [0.5, 0.6) is 0 Å². The van der Waals surface area contributed by atoms with Crippen molar-refractivity contribution >= 4 is 5.97 Å². The van der Waals surface area contributed by atoms with E-state index in [0.717, 1.165) is 17.7 Å². The minimum absolute atomic E-state index is 0.265. The molecule has 1 rings (SSSR count). The van der Waals surface area contributed by atoms with Gasteiger partial charge in [0.2, 0.25) is 0 Å². The van der Waals surface area contributed by atoms with Crippen LogP contribution in [0.3, 0.4) is 0 Å². The molecule has 0 amide bonds. The Kier molecular flexibility index (Phi) is 4.73. The first kappa shape index (κ1) is 16.4. The molecule has 20 heavy (non-hydrogen) atoms. The van der Waals surface area contributed by atoms with Crippen molar-refractivity contribution < 1.29 is 9.90 Å². The second kappa shape index (κ2) is 5.77. The third-order valence-corrected chi connectivity index (χ3v) is 4.07. The molecule has 1 atom stereocenters. The number of rotatable bonds is 5. The molecule has 1 aromatic rings. The highest BCUT2D eigenvalue weighted by molar-refractivity contribution is 5.70. The molecule has 1 unspecified atom stereocenters. The molecule has 0 aliphatic heterocycles. The van der Waals surface area contributed by atoms with E-state index < -0.39 is 11.9 Å². The summed E-state index contributed by atoms with van der Waals surface area (Å²) in [6, 6.07) is 0. The molecule has 0 saturated heterocycles. The zero-order valence-electron chi connectivity index (χ0n) is 13.1. The molecule has 1 heterocycles. The summed E-state index contributed by atoms with van der Waals surface area (Å²) in [7, 11) is 0. The van der Waals surface area contributed by atoms with Gasteiger partial charge in [-0.05, 0) is 46.1 Å². The van der Waals surface area contributed by atoms with Gasteiger partial charge < -0.3 is 5.11 Å². The Hall–Kier alpha value is -1.65. The van der Waals surface area contributed by atoms with Gasteiger partial charge in [-0.1, -0.05) is 13.8 Å². The van der Waals surface area contributed by atoms with Crippen molar-refractivity contribution in [2.45, 2.75) is 59.9 Å². The average Bonchev–Trinajstić information content (AvgIpc) is 2.33. The normalized spacial score (nSPS) is 13.3. The lowest BCUT2D eigenvalue weighted by Crippen LogP contribution is -2.40. The highest BCUT2D eigenvalue weighted by Crippen LogP contribution is 2.23. The minimum atomic E-state index is -0.837. The van der Waals surface area contributed by atoms with Crippen LogP contribution in [0.4, 0.5) is 0 Å². The van der Waals surface area contributed by atoms with Gasteiger partial charge in [-0.15, -0.1) is 0 Å². The molecule has 112 valence electrons. The summed E-state index contributed by atoms with van der Waals surface area (Å²) in [5.74, 6) is -1.33. The molecule has 1 N–H and O–H groups in total. The van der Waals surface area contributed by atoms with Gasteiger partial charge in [0, 0.05) is 16.9 Å². The Labute approximate surface area is 119 Å². The Morgan fingerprint density at radius 3 is 2.40 bits per heavy atom. The first-order valence-electron chi connectivity index (χ1n) is 6.94. The number of carbonyl (C=O) groups is 1. The van der Waals surface area contributed by atoms with Crippen molar-refractivity contribution in [3.63, 3.8) is 0 Å². The first-order valence-corrected chi connectivity index (χ1v) is 6.94. The number of aliphatic carboxylic acids is 1. The van der Waals surface area contributed by atoms with Crippen LogP contribution in [-0.2, 0) is 16.8 Å². The van der Waals surface area contributed by atoms with E-state index in [9.17, 15) is 9.59 Å². The topological polar surface area (TPSA) is 72.2 Å². The maximum Gasteiger partial charge on any atom is 0.348 e. The summed E-state index contributed by atoms with van der Waals surface area (Å²) in [6.07, 6.45) is 1.19. The van der Waals surface area contributed by atoms with E-state index in [1.165, 1.54) is 0 Å². The van der Waals surface area contributed by atoms with Gasteiger partial charge in [-0.2, -0.15) is 4.98 Å². The third kappa shape index (κ3) is 3.08. The van der Waals surface area contributed by atoms with E-state index in [0.29, 0.717) is 12.1 Å². The molecule has 0 aliphatic carbocycles. The highest BCUT2D eigenvalue weighted by atomic mass is 16.4. The van der Waals surface area contributed by atoms with Gasteiger partial charge in [0.15, 0.2) is 0 Å². The third-order valence-electron chi connectivity index (χ3n) is 4.07. The second-order valence-corrected chi connectivity index (χ2v) is 5.99. The van der Waals surface area contributed by atoms with Crippen LogP contribution in [0.25, 0.3) is 0 Å². The van der Waals surface area contributed by atoms with E-state index in [1.54, 1.807) is 18.4 Å². The van der Waals surface area contributed by atoms with E-state index in [1.807, 2.05) is 27.7 Å². The Morgan fingerprint density at radius 1 is 1.40 bits per heavy atom. The molecule has 0 spiro atoms. The summed E-state index contributed by atoms with van der Waals surface area (Å²) in [5.41, 5.74) is 1.72. The lowest BCUT2D eigenvalue weighted by Gasteiger charge is -2.29. The summed E-state index contributed by atoms with van der Waals surface area (Å²) in [5, 5.41) is 9.07. The number of carboxylic acid groups (broad SMARTS) is 1. The molecule has 0 aliphatic rings. The summed E-state index contributed by atoms with van der Waals surface area (Å²) >= 11 is 0. The summed E-state index contributed by atoms with van der Waals surface area (Å²) < 4.78 is 1.68. The van der Waals surface area contributed by atoms with Crippen molar-refractivity contribution in [2.75, 3.05) is 0 Å². The summed E-state index contributed by atoms with van der Waals surface area (Å²) in [4.78, 5) is 27.3. The molecule has 0 bridgehead atoms. The SMILES string of the molecule is CCC(C)(C)n1c(C)c(CC(C)C(=O)O)c(C)nc1=O. The lowest BCUT2D eigenvalue weighted by atomic mass is 9.96. The van der Waals surface area contributed by atoms with Crippen molar-refractivity contribution in [1.29, 1.82) is 0 Å². The minimum Gasteiger partial charge on any atom is -0.481 e. The van der Waals surface area contributed by atoms with Gasteiger partial charge in [-0.25, -0.2) is 4.79 Å². The monoisotopic (exact) mass is 280 g/mol. The Balaban J connectivity index is 3.45. The van der Waals surface area contributed by atoms with Crippen molar-refractivity contribution in [3.8, 4) is 0 Å². The molecule has 1 aromatic heterocycles. The van der Waals surface area contributed by atoms with Crippen LogP contribution >= 0.6 is 0 Å². The van der Waals surface area contributed by atoms with E-state index in [2.05, 4.69) is 4.98 Å². The van der Waals surface area contributed by atoms with E-state index >= 15 is 0 Å². The standard InChI is InChI=1S/C15H24N2O3/c1-7-15(5,6)17-11(4)12(8-9(2)13(18)19)10(3)16-14(17)20/h9H,7-8H2,1-6H3,(H,18,19). The number of carboxylic acids is 1. The van der Waals surface area contributed by atoms with Crippen molar-refractivity contribution in [2.24, 2.45) is 5.92 Å². The molecule has 0 saturated carbocycles. The number of hydrogen-bond acceptors (Lipinski definition) is 3. The fourth-order valence-corrected chi connectivity index (χ4v) is 2.36. The summed E-state index contributed by atoms with van der Waals surface area (Å²) in [6.45, 7) is 11.3. The molecule has 0 fully saturated rings. The van der Waals surface area contributed by atoms with Crippen LogP contribution in [0, 0.1) is 19.8 Å². The maximum atomic E-state index is 12.2. The van der Waals surface area contributed by atoms with Gasteiger partial charge in [0.25, 0.3) is 0 Å². The van der Waals surface area contributed by atoms with Crippen molar-refractivity contribution in [1.82, 2.24) is 9.55 Å². The molecule has 5 heteroatoms. The molecule has 5 nitrogen and oxygen atoms in total. The zero-order valence-corrected chi connectivity index (χ0v) is 13.1. The Bertz CT molecular complexity index is 573.